The number of aromatic nitrogens is 1. The molecule has 1 aliphatic heterocycles. The molecule has 1 amide bonds. The zero-order chi connectivity index (χ0) is 17.4. The Hall–Kier alpha value is -2.63. The first-order chi connectivity index (χ1) is 12.2. The van der Waals surface area contributed by atoms with Gasteiger partial charge in [0.15, 0.2) is 0 Å². The van der Waals surface area contributed by atoms with E-state index in [1.165, 1.54) is 0 Å². The number of benzene rings is 2. The van der Waals surface area contributed by atoms with Crippen molar-refractivity contribution < 1.29 is 9.53 Å². The van der Waals surface area contributed by atoms with Gasteiger partial charge in [0.05, 0.1) is 17.8 Å². The maximum atomic E-state index is 13.2. The van der Waals surface area contributed by atoms with Crippen LogP contribution in [0.15, 0.2) is 48.8 Å². The average Bonchev–Trinajstić information content (AvgIpc) is 2.66. The first-order valence-electron chi connectivity index (χ1n) is 7.99. The van der Waals surface area contributed by atoms with Crippen LogP contribution in [-0.4, -0.2) is 24.0 Å². The minimum absolute atomic E-state index is 0.126. The normalized spacial score (nSPS) is 13.4. The topological polar surface area (TPSA) is 68.5 Å². The van der Waals surface area contributed by atoms with Gasteiger partial charge in [-0.1, -0.05) is 29.8 Å². The Morgan fingerprint density at radius 3 is 2.96 bits per heavy atom. The monoisotopic (exact) mass is 353 g/mol. The lowest BCUT2D eigenvalue weighted by atomic mass is 10.1. The van der Waals surface area contributed by atoms with Crippen molar-refractivity contribution in [3.8, 4) is 5.75 Å². The fourth-order valence-corrected chi connectivity index (χ4v) is 3.30. The molecule has 2 N–H and O–H groups in total. The van der Waals surface area contributed by atoms with Crippen LogP contribution in [0.2, 0.25) is 5.02 Å². The van der Waals surface area contributed by atoms with E-state index in [-0.39, 0.29) is 5.91 Å². The summed E-state index contributed by atoms with van der Waals surface area (Å²) in [6, 6.07) is 11.2. The van der Waals surface area contributed by atoms with E-state index >= 15 is 0 Å². The Kier molecular flexibility index (Phi) is 4.03. The number of halogens is 1. The smallest absolute Gasteiger partial charge is 0.260 e. The molecule has 2 heterocycles. The molecule has 3 aromatic rings. The molecular weight excluding hydrogens is 338 g/mol. The van der Waals surface area contributed by atoms with Crippen molar-refractivity contribution >= 4 is 34.0 Å². The number of hydrogen-bond acceptors (Lipinski definition) is 4. The van der Waals surface area contributed by atoms with E-state index in [4.69, 9.17) is 22.1 Å². The number of rotatable bonds is 2. The van der Waals surface area contributed by atoms with Gasteiger partial charge in [-0.25, -0.2) is 0 Å². The van der Waals surface area contributed by atoms with E-state index in [1.54, 1.807) is 23.4 Å². The molecule has 0 unspecified atom stereocenters. The summed E-state index contributed by atoms with van der Waals surface area (Å²) in [6.45, 7) is 1.32. The Bertz CT molecular complexity index is 974. The van der Waals surface area contributed by atoms with Crippen molar-refractivity contribution in [3.63, 3.8) is 0 Å². The molecule has 0 fully saturated rings. The highest BCUT2D eigenvalue weighted by atomic mass is 35.5. The lowest BCUT2D eigenvalue weighted by Gasteiger charge is -2.30. The number of nitrogens with zero attached hydrogens (tertiary/aromatic N) is 2. The van der Waals surface area contributed by atoms with E-state index in [0.717, 1.165) is 22.0 Å². The van der Waals surface area contributed by atoms with Crippen molar-refractivity contribution in [1.82, 2.24) is 4.98 Å². The van der Waals surface area contributed by atoms with Gasteiger partial charge in [-0.3, -0.25) is 9.78 Å². The van der Waals surface area contributed by atoms with Crippen molar-refractivity contribution in [2.45, 2.75) is 6.54 Å². The molecule has 5 nitrogen and oxygen atoms in total. The van der Waals surface area contributed by atoms with Crippen molar-refractivity contribution in [2.24, 2.45) is 5.73 Å². The minimum Gasteiger partial charge on any atom is -0.490 e. The zero-order valence-corrected chi connectivity index (χ0v) is 14.2. The van der Waals surface area contributed by atoms with E-state index in [0.29, 0.717) is 36.0 Å². The molecule has 0 saturated carbocycles. The third-order valence-corrected chi connectivity index (χ3v) is 4.68. The molecule has 6 heteroatoms. The van der Waals surface area contributed by atoms with E-state index in [9.17, 15) is 4.79 Å². The third-order valence-electron chi connectivity index (χ3n) is 4.35. The predicted octanol–water partition coefficient (Wildman–Crippen LogP) is 3.39. The van der Waals surface area contributed by atoms with Gasteiger partial charge in [0.25, 0.3) is 5.91 Å². The molecular formula is C19H16ClN3O2. The second-order valence-corrected chi connectivity index (χ2v) is 6.24. The summed E-state index contributed by atoms with van der Waals surface area (Å²) in [5.74, 6) is 0.558. The first kappa shape index (κ1) is 15.9. The van der Waals surface area contributed by atoms with Crippen LogP contribution in [0.1, 0.15) is 15.9 Å². The number of carbonyl (C=O) groups excluding carboxylic acids is 1. The van der Waals surface area contributed by atoms with Crippen molar-refractivity contribution in [2.75, 3.05) is 18.1 Å². The predicted molar refractivity (Wildman–Crippen MR) is 98.3 cm³/mol. The number of carbonyl (C=O) groups is 1. The second-order valence-electron chi connectivity index (χ2n) is 5.83. The van der Waals surface area contributed by atoms with Crippen molar-refractivity contribution in [3.05, 3.63) is 64.9 Å². The summed E-state index contributed by atoms with van der Waals surface area (Å²) in [5.41, 5.74) is 7.94. The van der Waals surface area contributed by atoms with Crippen LogP contribution in [0.25, 0.3) is 10.8 Å². The Balaban J connectivity index is 1.82. The van der Waals surface area contributed by atoms with E-state index in [1.807, 2.05) is 30.3 Å². The summed E-state index contributed by atoms with van der Waals surface area (Å²) in [6.07, 6.45) is 3.26. The number of ether oxygens (including phenoxy) is 1. The number of anilines is 1. The van der Waals surface area contributed by atoms with E-state index in [2.05, 4.69) is 4.98 Å². The summed E-state index contributed by atoms with van der Waals surface area (Å²) in [4.78, 5) is 19.2. The Morgan fingerprint density at radius 2 is 2.12 bits per heavy atom. The van der Waals surface area contributed by atoms with Gasteiger partial charge in [0, 0.05) is 29.3 Å². The Morgan fingerprint density at radius 1 is 1.24 bits per heavy atom. The summed E-state index contributed by atoms with van der Waals surface area (Å²) >= 11 is 6.24. The standard InChI is InChI=1S/C19H16ClN3O2/c20-16-3-1-2-13-14(16)10-22-11-15(13)19(24)23-6-7-25-18-5-4-12(9-21)8-17(18)23/h1-5,8,10-11H,6-7,9,21H2. The molecule has 1 aromatic heterocycles. The molecule has 126 valence electrons. The lowest BCUT2D eigenvalue weighted by molar-refractivity contribution is 0.0978. The van der Waals surface area contributed by atoms with Crippen LogP contribution in [0.3, 0.4) is 0 Å². The molecule has 0 radical (unpaired) electrons. The number of pyridine rings is 1. The van der Waals surface area contributed by atoms with Crippen LogP contribution in [0.4, 0.5) is 5.69 Å². The molecule has 2 aromatic carbocycles. The fraction of sp³-hybridized carbons (Fsp3) is 0.158. The van der Waals surface area contributed by atoms with Gasteiger partial charge in [-0.05, 0) is 29.1 Å². The molecule has 0 aliphatic carbocycles. The molecule has 0 saturated heterocycles. The SMILES string of the molecule is NCc1ccc2c(c1)N(C(=O)c1cncc3c(Cl)cccc13)CCO2. The van der Waals surface area contributed by atoms with Gasteiger partial charge in [0.2, 0.25) is 0 Å². The van der Waals surface area contributed by atoms with E-state index < -0.39 is 0 Å². The maximum absolute atomic E-state index is 13.2. The van der Waals surface area contributed by atoms with Crippen LogP contribution in [0.5, 0.6) is 5.75 Å². The summed E-state index contributed by atoms with van der Waals surface area (Å²) in [5, 5.41) is 2.13. The van der Waals surface area contributed by atoms with Crippen LogP contribution in [-0.2, 0) is 6.54 Å². The Labute approximate surface area is 150 Å². The molecule has 1 aliphatic rings. The summed E-state index contributed by atoms with van der Waals surface area (Å²) in [7, 11) is 0. The highest BCUT2D eigenvalue weighted by Crippen LogP contribution is 2.34. The zero-order valence-electron chi connectivity index (χ0n) is 13.4. The van der Waals surface area contributed by atoms with Gasteiger partial charge >= 0.3 is 0 Å². The molecule has 4 rings (SSSR count). The maximum Gasteiger partial charge on any atom is 0.260 e. The number of fused-ring (bicyclic) bond motifs is 2. The van der Waals surface area contributed by atoms with Gasteiger partial charge in [-0.15, -0.1) is 0 Å². The molecule has 25 heavy (non-hydrogen) atoms. The number of nitrogens with two attached hydrogens (primary N) is 1. The van der Waals surface area contributed by atoms with Gasteiger partial charge in [0.1, 0.15) is 12.4 Å². The van der Waals surface area contributed by atoms with Crippen molar-refractivity contribution in [1.29, 1.82) is 0 Å². The highest BCUT2D eigenvalue weighted by Gasteiger charge is 2.26. The average molecular weight is 354 g/mol. The minimum atomic E-state index is -0.126. The number of amides is 1. The molecule has 0 spiro atoms. The second kappa shape index (κ2) is 6.35. The summed E-state index contributed by atoms with van der Waals surface area (Å²) < 4.78 is 5.67. The van der Waals surface area contributed by atoms with Crippen LogP contribution >= 0.6 is 11.6 Å². The van der Waals surface area contributed by atoms with Gasteiger partial charge < -0.3 is 15.4 Å². The quantitative estimate of drug-likeness (QED) is 0.766. The van der Waals surface area contributed by atoms with Gasteiger partial charge in [-0.2, -0.15) is 0 Å². The lowest BCUT2D eigenvalue weighted by Crippen LogP contribution is -2.38. The number of hydrogen-bond donors (Lipinski definition) is 1. The highest BCUT2D eigenvalue weighted by molar-refractivity contribution is 6.36. The fourth-order valence-electron chi connectivity index (χ4n) is 3.08. The van der Waals surface area contributed by atoms with Crippen LogP contribution in [0, 0.1) is 0 Å². The third kappa shape index (κ3) is 2.71. The first-order valence-corrected chi connectivity index (χ1v) is 8.36. The van der Waals surface area contributed by atoms with Crippen LogP contribution < -0.4 is 15.4 Å². The molecule has 0 atom stereocenters. The molecule has 0 bridgehead atoms. The largest absolute Gasteiger partial charge is 0.490 e.